The van der Waals surface area contributed by atoms with Crippen molar-refractivity contribution in [3.8, 4) is 0 Å². The molecule has 2 heteroatoms. The van der Waals surface area contributed by atoms with Gasteiger partial charge >= 0.3 is 0 Å². The molecule has 3 rings (SSSR count). The van der Waals surface area contributed by atoms with Crippen molar-refractivity contribution in [3.05, 3.63) is 0 Å². The van der Waals surface area contributed by atoms with Crippen LogP contribution in [0.3, 0.4) is 0 Å². The smallest absolute Gasteiger partial charge is 0.00995 e. The Bertz CT molecular complexity index is 192. The average molecular weight is 197 g/mol. The zero-order chi connectivity index (χ0) is 8.89. The molecule has 2 saturated heterocycles. The predicted molar refractivity (Wildman–Crippen MR) is 58.3 cm³/mol. The molecule has 0 aromatic rings. The van der Waals surface area contributed by atoms with Crippen molar-refractivity contribution < 1.29 is 0 Å². The summed E-state index contributed by atoms with van der Waals surface area (Å²) >= 11 is 4.49. The van der Waals surface area contributed by atoms with Gasteiger partial charge < -0.3 is 0 Å². The summed E-state index contributed by atoms with van der Waals surface area (Å²) in [7, 11) is 0. The number of hydrogen-bond acceptors (Lipinski definition) is 2. The van der Waals surface area contributed by atoms with Crippen molar-refractivity contribution in [2.24, 2.45) is 5.41 Å². The minimum atomic E-state index is 0.647. The summed E-state index contributed by atoms with van der Waals surface area (Å²) < 4.78 is 0. The molecule has 0 radical (unpaired) electrons. The molecule has 0 amide bonds. The number of nitrogens with zero attached hydrogens (tertiary/aromatic N) is 1. The van der Waals surface area contributed by atoms with Gasteiger partial charge in [-0.25, -0.2) is 0 Å². The molecule has 0 atom stereocenters. The Balaban J connectivity index is 1.67. The Labute approximate surface area is 86.3 Å². The third-order valence-corrected chi connectivity index (χ3v) is 5.09. The van der Waals surface area contributed by atoms with E-state index in [4.69, 9.17) is 0 Å². The Morgan fingerprint density at radius 3 is 2.00 bits per heavy atom. The Morgan fingerprint density at radius 1 is 1.08 bits per heavy atom. The fourth-order valence-electron chi connectivity index (χ4n) is 3.21. The van der Waals surface area contributed by atoms with E-state index in [2.05, 4.69) is 17.5 Å². The lowest BCUT2D eigenvalue weighted by Crippen LogP contribution is -2.35. The zero-order valence-corrected chi connectivity index (χ0v) is 9.10. The lowest BCUT2D eigenvalue weighted by atomic mass is 10.0. The van der Waals surface area contributed by atoms with E-state index < -0.39 is 0 Å². The van der Waals surface area contributed by atoms with E-state index >= 15 is 0 Å². The van der Waals surface area contributed by atoms with Gasteiger partial charge in [0.1, 0.15) is 0 Å². The van der Waals surface area contributed by atoms with E-state index in [0.717, 1.165) is 17.8 Å². The van der Waals surface area contributed by atoms with Crippen molar-refractivity contribution in [2.75, 3.05) is 12.3 Å². The Kier molecular flexibility index (Phi) is 1.92. The van der Waals surface area contributed by atoms with E-state index in [1.807, 2.05) is 0 Å². The number of fused-ring (bicyclic) bond motifs is 2. The van der Waals surface area contributed by atoms with Crippen LogP contribution in [0.15, 0.2) is 0 Å². The monoisotopic (exact) mass is 197 g/mol. The van der Waals surface area contributed by atoms with Gasteiger partial charge in [0.05, 0.1) is 0 Å². The van der Waals surface area contributed by atoms with Crippen LogP contribution in [0.5, 0.6) is 0 Å². The topological polar surface area (TPSA) is 3.24 Å². The SMILES string of the molecule is SCC1(CN2C3CCC2CC3)CC1. The Morgan fingerprint density at radius 2 is 1.62 bits per heavy atom. The summed E-state index contributed by atoms with van der Waals surface area (Å²) in [5.74, 6) is 1.11. The van der Waals surface area contributed by atoms with Gasteiger partial charge in [0.25, 0.3) is 0 Å². The van der Waals surface area contributed by atoms with Gasteiger partial charge in [-0.15, -0.1) is 0 Å². The molecule has 0 spiro atoms. The normalized spacial score (nSPS) is 41.3. The summed E-state index contributed by atoms with van der Waals surface area (Å²) in [5.41, 5.74) is 0.647. The zero-order valence-electron chi connectivity index (χ0n) is 8.21. The van der Waals surface area contributed by atoms with E-state index in [1.165, 1.54) is 45.1 Å². The quantitative estimate of drug-likeness (QED) is 0.680. The summed E-state index contributed by atoms with van der Waals surface area (Å²) in [6.07, 6.45) is 8.79. The third kappa shape index (κ3) is 1.33. The van der Waals surface area contributed by atoms with Crippen molar-refractivity contribution >= 4 is 12.6 Å². The maximum atomic E-state index is 4.49. The number of hydrogen-bond donors (Lipinski definition) is 1. The molecule has 74 valence electrons. The second kappa shape index (κ2) is 2.90. The fraction of sp³-hybridized carbons (Fsp3) is 1.00. The summed E-state index contributed by atoms with van der Waals surface area (Å²) in [5, 5.41) is 0. The predicted octanol–water partition coefficient (Wildman–Crippen LogP) is 2.32. The maximum absolute atomic E-state index is 4.49. The number of rotatable bonds is 3. The minimum Gasteiger partial charge on any atom is -0.297 e. The van der Waals surface area contributed by atoms with Crippen LogP contribution in [0.2, 0.25) is 0 Å². The largest absolute Gasteiger partial charge is 0.297 e. The Hall–Kier alpha value is 0.310. The van der Waals surface area contributed by atoms with Crippen molar-refractivity contribution in [1.29, 1.82) is 0 Å². The second-order valence-corrected chi connectivity index (χ2v) is 5.61. The molecule has 2 aliphatic heterocycles. The van der Waals surface area contributed by atoms with Crippen LogP contribution < -0.4 is 0 Å². The van der Waals surface area contributed by atoms with E-state index in [0.29, 0.717) is 5.41 Å². The van der Waals surface area contributed by atoms with Gasteiger partial charge in [-0.1, -0.05) is 0 Å². The molecule has 2 heterocycles. The maximum Gasteiger partial charge on any atom is 0.00995 e. The van der Waals surface area contributed by atoms with Crippen LogP contribution in [-0.2, 0) is 0 Å². The van der Waals surface area contributed by atoms with Crippen LogP contribution in [0.25, 0.3) is 0 Å². The molecule has 13 heavy (non-hydrogen) atoms. The first-order valence-corrected chi connectivity index (χ1v) is 6.33. The molecule has 1 aliphatic carbocycles. The van der Waals surface area contributed by atoms with Crippen LogP contribution in [0, 0.1) is 5.41 Å². The fourth-order valence-corrected chi connectivity index (χ4v) is 3.62. The highest BCUT2D eigenvalue weighted by Gasteiger charge is 2.48. The van der Waals surface area contributed by atoms with Gasteiger partial charge in [-0.05, 0) is 49.7 Å². The number of thiol groups is 1. The van der Waals surface area contributed by atoms with Crippen LogP contribution in [0.1, 0.15) is 38.5 Å². The summed E-state index contributed by atoms with van der Waals surface area (Å²) in [6, 6.07) is 1.92. The van der Waals surface area contributed by atoms with Gasteiger partial charge in [0.2, 0.25) is 0 Å². The first-order chi connectivity index (χ1) is 6.33. The second-order valence-electron chi connectivity index (χ2n) is 5.29. The molecule has 3 aliphatic rings. The molecule has 3 fully saturated rings. The molecule has 2 bridgehead atoms. The summed E-state index contributed by atoms with van der Waals surface area (Å²) in [6.45, 7) is 1.37. The third-order valence-electron chi connectivity index (χ3n) is 4.41. The van der Waals surface area contributed by atoms with Crippen molar-refractivity contribution in [2.45, 2.75) is 50.6 Å². The van der Waals surface area contributed by atoms with Gasteiger partial charge in [-0.3, -0.25) is 4.90 Å². The minimum absolute atomic E-state index is 0.647. The van der Waals surface area contributed by atoms with E-state index in [1.54, 1.807) is 0 Å². The molecule has 0 aromatic carbocycles. The van der Waals surface area contributed by atoms with Crippen LogP contribution >= 0.6 is 12.6 Å². The molecule has 0 N–H and O–H groups in total. The molecular weight excluding hydrogens is 178 g/mol. The molecule has 0 aromatic heterocycles. The first kappa shape index (κ1) is 8.60. The van der Waals surface area contributed by atoms with E-state index in [9.17, 15) is 0 Å². The van der Waals surface area contributed by atoms with Crippen LogP contribution in [-0.4, -0.2) is 29.3 Å². The highest BCUT2D eigenvalue weighted by atomic mass is 32.1. The van der Waals surface area contributed by atoms with E-state index in [-0.39, 0.29) is 0 Å². The van der Waals surface area contributed by atoms with Crippen molar-refractivity contribution in [3.63, 3.8) is 0 Å². The molecule has 0 unspecified atom stereocenters. The molecular formula is C11H19NS. The highest BCUT2D eigenvalue weighted by molar-refractivity contribution is 7.80. The molecule has 1 nitrogen and oxygen atoms in total. The standard InChI is InChI=1S/C11H19NS/c13-8-11(5-6-11)7-12-9-1-2-10(12)4-3-9/h9-10,13H,1-8H2. The lowest BCUT2D eigenvalue weighted by Gasteiger charge is -2.26. The lowest BCUT2D eigenvalue weighted by molar-refractivity contribution is 0.211. The van der Waals surface area contributed by atoms with Gasteiger partial charge in [-0.2, -0.15) is 12.6 Å². The van der Waals surface area contributed by atoms with Gasteiger partial charge in [0.15, 0.2) is 0 Å². The summed E-state index contributed by atoms with van der Waals surface area (Å²) in [4.78, 5) is 2.81. The van der Waals surface area contributed by atoms with Gasteiger partial charge in [0, 0.05) is 18.6 Å². The first-order valence-electron chi connectivity index (χ1n) is 5.70. The average Bonchev–Trinajstić information content (AvgIpc) is 2.75. The molecule has 1 saturated carbocycles. The van der Waals surface area contributed by atoms with Crippen molar-refractivity contribution in [1.82, 2.24) is 4.90 Å². The van der Waals surface area contributed by atoms with Crippen LogP contribution in [0.4, 0.5) is 0 Å². The highest BCUT2D eigenvalue weighted by Crippen LogP contribution is 2.50.